The number of ether oxygens (including phenoxy) is 1. The molecule has 0 aliphatic carbocycles. The van der Waals surface area contributed by atoms with Gasteiger partial charge in [0, 0.05) is 49.6 Å². The van der Waals surface area contributed by atoms with Gasteiger partial charge in [0.1, 0.15) is 11.2 Å². The van der Waals surface area contributed by atoms with Crippen molar-refractivity contribution < 1.29 is 31.1 Å². The van der Waals surface area contributed by atoms with Crippen molar-refractivity contribution in [2.24, 2.45) is 5.41 Å². The van der Waals surface area contributed by atoms with E-state index in [1.807, 2.05) is 0 Å². The normalized spacial score (nSPS) is 17.0. The van der Waals surface area contributed by atoms with E-state index in [0.29, 0.717) is 35.7 Å². The summed E-state index contributed by atoms with van der Waals surface area (Å²) in [5.41, 5.74) is 0.904. The van der Waals surface area contributed by atoms with Gasteiger partial charge < -0.3 is 18.5 Å². The maximum Gasteiger partial charge on any atom is 0.410 e. The molecule has 4 aromatic rings. The summed E-state index contributed by atoms with van der Waals surface area (Å²) in [5.74, 6) is -0.844. The lowest BCUT2D eigenvalue weighted by molar-refractivity contribution is -0.0840. The Kier molecular flexibility index (Phi) is 6.68. The second-order valence-corrected chi connectivity index (χ2v) is 13.5. The van der Waals surface area contributed by atoms with Gasteiger partial charge in [0.2, 0.25) is 5.89 Å². The molecule has 3 aromatic heterocycles. The summed E-state index contributed by atoms with van der Waals surface area (Å²) in [6.07, 6.45) is 0.0731. The number of carbonyl (C=O) groups is 1. The van der Waals surface area contributed by atoms with E-state index in [1.54, 1.807) is 84.9 Å². The van der Waals surface area contributed by atoms with Crippen LogP contribution >= 0.6 is 0 Å². The molecule has 2 aliphatic rings. The molecule has 2 saturated heterocycles. The third-order valence-electron chi connectivity index (χ3n) is 7.07. The lowest BCUT2D eigenvalue weighted by atomic mass is 9.75. The predicted molar refractivity (Wildman–Crippen MR) is 147 cm³/mol. The second kappa shape index (κ2) is 10.0. The van der Waals surface area contributed by atoms with Crippen molar-refractivity contribution in [3.8, 4) is 11.5 Å². The van der Waals surface area contributed by atoms with Crippen LogP contribution < -0.4 is 4.31 Å². The van der Waals surface area contributed by atoms with Gasteiger partial charge in [0.25, 0.3) is 5.89 Å². The van der Waals surface area contributed by atoms with Gasteiger partial charge in [-0.05, 0) is 45.0 Å². The Morgan fingerprint density at radius 2 is 1.83 bits per heavy atom. The average molecular weight is 602 g/mol. The number of pyridine rings is 1. The molecule has 0 saturated carbocycles. The largest absolute Gasteiger partial charge is 0.444 e. The van der Waals surface area contributed by atoms with Crippen LogP contribution in [0.1, 0.15) is 38.8 Å². The Morgan fingerprint density at radius 1 is 1.12 bits per heavy atom. The molecule has 12 nitrogen and oxygen atoms in total. The first-order chi connectivity index (χ1) is 19.8. The van der Waals surface area contributed by atoms with Gasteiger partial charge in [-0.3, -0.25) is 4.31 Å². The van der Waals surface area contributed by atoms with E-state index in [2.05, 4.69) is 15.2 Å². The number of hydrogen-bond donors (Lipinski definition) is 0. The Balaban J connectivity index is 1.19. The molecule has 42 heavy (non-hydrogen) atoms. The zero-order chi connectivity index (χ0) is 29.9. The van der Waals surface area contributed by atoms with E-state index >= 15 is 0 Å². The molecular weight excluding hydrogens is 572 g/mol. The number of amides is 1. The van der Waals surface area contributed by atoms with E-state index in [9.17, 15) is 22.0 Å². The Labute approximate surface area is 240 Å². The standard InChI is InChI=1S/C27H29F2N7O5S/c1-26(2,3)41-25(37)34-14-27(15-34)16-35(17-27)42(38,39)36(20-7-5-4-6-8-20)13-19-12-33-10-9-18(11-21(33)30-19)23-31-32-24(40-23)22(28)29/h4-12,22H,13-17H2,1-3H3. The molecular formula is C27H29F2N7O5S. The maximum atomic E-state index is 13.9. The van der Waals surface area contributed by atoms with Crippen molar-refractivity contribution in [1.82, 2.24) is 28.8 Å². The number of alkyl halides is 2. The summed E-state index contributed by atoms with van der Waals surface area (Å²) in [6, 6.07) is 12.0. The molecule has 1 amide bonds. The van der Waals surface area contributed by atoms with Gasteiger partial charge >= 0.3 is 22.7 Å². The number of anilines is 1. The third-order valence-corrected chi connectivity index (χ3v) is 8.87. The van der Waals surface area contributed by atoms with Gasteiger partial charge in [-0.1, -0.05) is 18.2 Å². The monoisotopic (exact) mass is 601 g/mol. The summed E-state index contributed by atoms with van der Waals surface area (Å²) in [7, 11) is -3.94. The smallest absolute Gasteiger partial charge is 0.410 e. The number of likely N-dealkylation sites (tertiary alicyclic amines) is 1. The number of imidazole rings is 1. The lowest BCUT2D eigenvalue weighted by Crippen LogP contribution is -2.74. The number of halogens is 2. The number of benzene rings is 1. The molecule has 0 N–H and O–H groups in total. The van der Waals surface area contributed by atoms with Crippen LogP contribution in [0.4, 0.5) is 19.3 Å². The predicted octanol–water partition coefficient (Wildman–Crippen LogP) is 4.13. The van der Waals surface area contributed by atoms with Crippen molar-refractivity contribution in [2.75, 3.05) is 30.5 Å². The fraction of sp³-hybridized carbons (Fsp3) is 0.407. The van der Waals surface area contributed by atoms with Crippen LogP contribution in [0, 0.1) is 5.41 Å². The van der Waals surface area contributed by atoms with Gasteiger partial charge in [0.05, 0.1) is 17.9 Å². The first kappa shape index (κ1) is 28.0. The number of nitrogens with zero attached hydrogens (tertiary/aromatic N) is 7. The van der Waals surface area contributed by atoms with Crippen molar-refractivity contribution >= 4 is 27.6 Å². The molecule has 1 aromatic carbocycles. The van der Waals surface area contributed by atoms with Crippen molar-refractivity contribution in [3.05, 3.63) is 66.4 Å². The quantitative estimate of drug-likeness (QED) is 0.310. The first-order valence-corrected chi connectivity index (χ1v) is 14.6. The zero-order valence-electron chi connectivity index (χ0n) is 23.1. The van der Waals surface area contributed by atoms with Crippen molar-refractivity contribution in [1.29, 1.82) is 0 Å². The highest BCUT2D eigenvalue weighted by Crippen LogP contribution is 2.42. The molecule has 1 spiro atoms. The number of rotatable bonds is 7. The van der Waals surface area contributed by atoms with Crippen LogP contribution in [0.5, 0.6) is 0 Å². The Bertz CT molecular complexity index is 1720. The number of hydrogen-bond acceptors (Lipinski definition) is 8. The molecule has 2 aliphatic heterocycles. The summed E-state index contributed by atoms with van der Waals surface area (Å²) >= 11 is 0. The maximum absolute atomic E-state index is 13.9. The molecule has 15 heteroatoms. The number of aromatic nitrogens is 4. The summed E-state index contributed by atoms with van der Waals surface area (Å²) in [6.45, 7) is 6.81. The topological polar surface area (TPSA) is 126 Å². The van der Waals surface area contributed by atoms with Crippen molar-refractivity contribution in [2.45, 2.75) is 39.3 Å². The van der Waals surface area contributed by atoms with Gasteiger partial charge in [-0.2, -0.15) is 21.5 Å². The molecule has 0 atom stereocenters. The molecule has 222 valence electrons. The molecule has 0 radical (unpaired) electrons. The van der Waals surface area contributed by atoms with E-state index in [4.69, 9.17) is 9.15 Å². The lowest BCUT2D eigenvalue weighted by Gasteiger charge is -2.59. The molecule has 6 rings (SSSR count). The van der Waals surface area contributed by atoms with E-state index in [-0.39, 0.29) is 30.9 Å². The van der Waals surface area contributed by atoms with Crippen LogP contribution in [0.25, 0.3) is 17.1 Å². The molecule has 0 unspecified atom stereocenters. The van der Waals surface area contributed by atoms with E-state index in [0.717, 1.165) is 0 Å². The minimum Gasteiger partial charge on any atom is -0.444 e. The summed E-state index contributed by atoms with van der Waals surface area (Å²) in [5, 5.41) is 7.03. The SMILES string of the molecule is CC(C)(C)OC(=O)N1CC2(C1)CN(S(=O)(=O)N(Cc1cn3ccc(-c4nnc(C(F)F)o4)cc3n1)c1ccccc1)C2. The Morgan fingerprint density at radius 3 is 2.48 bits per heavy atom. The highest BCUT2D eigenvalue weighted by atomic mass is 32.2. The van der Waals surface area contributed by atoms with E-state index < -0.39 is 34.2 Å². The number of para-hydroxylation sites is 1. The first-order valence-electron chi connectivity index (χ1n) is 13.2. The minimum absolute atomic E-state index is 0.0486. The van der Waals surface area contributed by atoms with Gasteiger partial charge in [-0.25, -0.2) is 9.78 Å². The number of fused-ring (bicyclic) bond motifs is 1. The number of carbonyl (C=O) groups excluding carboxylic acids is 1. The van der Waals surface area contributed by atoms with Crippen LogP contribution in [0.3, 0.4) is 0 Å². The van der Waals surface area contributed by atoms with Crippen molar-refractivity contribution in [3.63, 3.8) is 0 Å². The highest BCUT2D eigenvalue weighted by Gasteiger charge is 2.57. The molecule has 2 fully saturated rings. The summed E-state index contributed by atoms with van der Waals surface area (Å²) < 4.78 is 68.4. The third kappa shape index (κ3) is 5.29. The van der Waals surface area contributed by atoms with E-state index in [1.165, 1.54) is 8.61 Å². The van der Waals surface area contributed by atoms with Crippen LogP contribution in [0.2, 0.25) is 0 Å². The summed E-state index contributed by atoms with van der Waals surface area (Å²) in [4.78, 5) is 18.5. The molecule has 5 heterocycles. The second-order valence-electron chi connectivity index (χ2n) is 11.6. The average Bonchev–Trinajstić information content (AvgIpc) is 3.52. The minimum atomic E-state index is -3.94. The highest BCUT2D eigenvalue weighted by molar-refractivity contribution is 7.90. The fourth-order valence-electron chi connectivity index (χ4n) is 5.15. The van der Waals surface area contributed by atoms with Gasteiger partial charge in [0.15, 0.2) is 0 Å². The van der Waals surface area contributed by atoms with Crippen LogP contribution in [-0.4, -0.2) is 75.1 Å². The van der Waals surface area contributed by atoms with Gasteiger partial charge in [-0.15, -0.1) is 10.2 Å². The zero-order valence-corrected chi connectivity index (χ0v) is 24.0. The van der Waals surface area contributed by atoms with Crippen LogP contribution in [0.15, 0.2) is 59.3 Å². The Hall–Kier alpha value is -4.11. The fourth-order valence-corrected chi connectivity index (χ4v) is 6.99. The van der Waals surface area contributed by atoms with Crippen LogP contribution in [-0.2, 0) is 21.5 Å². The molecule has 0 bridgehead atoms.